The molecule has 27 heavy (non-hydrogen) atoms. The molecule has 0 spiro atoms. The van der Waals surface area contributed by atoms with Crippen molar-refractivity contribution in [3.63, 3.8) is 0 Å². The third-order valence-electron chi connectivity index (χ3n) is 6.92. The fourth-order valence-corrected chi connectivity index (χ4v) is 7.51. The van der Waals surface area contributed by atoms with Crippen LogP contribution in [0.4, 0.5) is 0 Å². The van der Waals surface area contributed by atoms with Gasteiger partial charge in [-0.05, 0) is 74.1 Å². The topological polar surface area (TPSA) is 40.6 Å². The molecule has 2 saturated heterocycles. The molecular formula is C21H31ClN2O2S. The highest BCUT2D eigenvalue weighted by atomic mass is 35.5. The number of alkyl halides is 1. The molecule has 0 aromatic heterocycles. The monoisotopic (exact) mass is 410 g/mol. The van der Waals surface area contributed by atoms with Crippen LogP contribution in [0.1, 0.15) is 54.0 Å². The molecular weight excluding hydrogens is 380 g/mol. The number of nitrogens with zero attached hydrogens (tertiary/aromatic N) is 2. The Morgan fingerprint density at radius 2 is 1.96 bits per heavy atom. The van der Waals surface area contributed by atoms with Gasteiger partial charge < -0.3 is 0 Å². The minimum atomic E-state index is -3.22. The molecule has 0 unspecified atom stereocenters. The quantitative estimate of drug-likeness (QED) is 0.711. The van der Waals surface area contributed by atoms with Gasteiger partial charge in [0.1, 0.15) is 0 Å². The standard InChI is InChI=1S/C21H31ClN2O2S/c1-15-11-17-6-9-23-14-18-5-3-8-24(27(25,26)10-4-7-22)20(18)13-21(23)19(17)12-16(15)2/h11-12,18,20-21H,3-10,13-14H2,1-2H3/t18-,20+,21-/m0/s1. The van der Waals surface area contributed by atoms with Crippen molar-refractivity contribution in [2.45, 2.75) is 58.0 Å². The van der Waals surface area contributed by atoms with Crippen LogP contribution in [-0.2, 0) is 16.4 Å². The van der Waals surface area contributed by atoms with Gasteiger partial charge in [0, 0.05) is 37.6 Å². The van der Waals surface area contributed by atoms with Gasteiger partial charge in [-0.15, -0.1) is 11.6 Å². The predicted molar refractivity (Wildman–Crippen MR) is 111 cm³/mol. The van der Waals surface area contributed by atoms with Gasteiger partial charge in [0.15, 0.2) is 0 Å². The van der Waals surface area contributed by atoms with Crippen LogP contribution in [0.25, 0.3) is 0 Å². The molecule has 3 aliphatic rings. The second-order valence-corrected chi connectivity index (χ2v) is 11.0. The number of sulfonamides is 1. The van der Waals surface area contributed by atoms with Gasteiger partial charge in [-0.1, -0.05) is 12.1 Å². The summed E-state index contributed by atoms with van der Waals surface area (Å²) in [6.07, 6.45) is 4.71. The van der Waals surface area contributed by atoms with E-state index in [1.807, 2.05) is 4.31 Å². The normalized spacial score (nSPS) is 29.1. The molecule has 3 heterocycles. The van der Waals surface area contributed by atoms with Crippen LogP contribution in [-0.4, -0.2) is 54.9 Å². The first-order valence-electron chi connectivity index (χ1n) is 10.3. The van der Waals surface area contributed by atoms with Crippen molar-refractivity contribution in [1.82, 2.24) is 9.21 Å². The van der Waals surface area contributed by atoms with Crippen LogP contribution in [0.3, 0.4) is 0 Å². The van der Waals surface area contributed by atoms with E-state index < -0.39 is 10.0 Å². The fraction of sp³-hybridized carbons (Fsp3) is 0.714. The van der Waals surface area contributed by atoms with Gasteiger partial charge in [0.25, 0.3) is 0 Å². The highest BCUT2D eigenvalue weighted by molar-refractivity contribution is 7.89. The highest BCUT2D eigenvalue weighted by Crippen LogP contribution is 2.44. The van der Waals surface area contributed by atoms with E-state index >= 15 is 0 Å². The number of hydrogen-bond acceptors (Lipinski definition) is 3. The van der Waals surface area contributed by atoms with Crippen molar-refractivity contribution < 1.29 is 8.42 Å². The van der Waals surface area contributed by atoms with Gasteiger partial charge in [-0.3, -0.25) is 4.90 Å². The Labute approximate surface area is 168 Å². The lowest BCUT2D eigenvalue weighted by Crippen LogP contribution is -2.57. The van der Waals surface area contributed by atoms with E-state index in [4.69, 9.17) is 11.6 Å². The van der Waals surface area contributed by atoms with Crippen molar-refractivity contribution in [1.29, 1.82) is 0 Å². The number of fused-ring (bicyclic) bond motifs is 4. The average Bonchev–Trinajstić information content (AvgIpc) is 2.65. The first-order chi connectivity index (χ1) is 12.9. The highest BCUT2D eigenvalue weighted by Gasteiger charge is 2.45. The molecule has 2 fully saturated rings. The van der Waals surface area contributed by atoms with Crippen molar-refractivity contribution in [3.8, 4) is 0 Å². The molecule has 3 aliphatic heterocycles. The van der Waals surface area contributed by atoms with Crippen LogP contribution in [0, 0.1) is 19.8 Å². The molecule has 6 heteroatoms. The van der Waals surface area contributed by atoms with Crippen molar-refractivity contribution in [3.05, 3.63) is 34.4 Å². The maximum absolute atomic E-state index is 13.0. The van der Waals surface area contributed by atoms with E-state index in [2.05, 4.69) is 30.9 Å². The number of rotatable bonds is 4. The Morgan fingerprint density at radius 3 is 2.74 bits per heavy atom. The molecule has 0 radical (unpaired) electrons. The molecule has 1 aromatic carbocycles. The van der Waals surface area contributed by atoms with E-state index in [9.17, 15) is 8.42 Å². The lowest BCUT2D eigenvalue weighted by atomic mass is 9.77. The second kappa shape index (κ2) is 7.66. The summed E-state index contributed by atoms with van der Waals surface area (Å²) < 4.78 is 27.8. The molecule has 0 saturated carbocycles. The second-order valence-electron chi connectivity index (χ2n) is 8.57. The Kier molecular flexibility index (Phi) is 5.58. The van der Waals surface area contributed by atoms with Crippen LogP contribution in [0.15, 0.2) is 12.1 Å². The molecule has 1 aromatic rings. The minimum Gasteiger partial charge on any atom is -0.296 e. The number of halogens is 1. The lowest BCUT2D eigenvalue weighted by Gasteiger charge is -2.52. The van der Waals surface area contributed by atoms with Gasteiger partial charge in [0.05, 0.1) is 5.75 Å². The summed E-state index contributed by atoms with van der Waals surface area (Å²) in [5.74, 6) is 1.06. The smallest absolute Gasteiger partial charge is 0.214 e. The summed E-state index contributed by atoms with van der Waals surface area (Å²) >= 11 is 5.77. The maximum atomic E-state index is 13.0. The zero-order chi connectivity index (χ0) is 19.2. The number of piperidine rings is 2. The summed E-state index contributed by atoms with van der Waals surface area (Å²) in [5.41, 5.74) is 5.60. The van der Waals surface area contributed by atoms with Crippen LogP contribution >= 0.6 is 11.6 Å². The number of benzene rings is 1. The lowest BCUT2D eigenvalue weighted by molar-refractivity contribution is 0.0220. The van der Waals surface area contributed by atoms with Crippen molar-refractivity contribution >= 4 is 21.6 Å². The number of hydrogen-bond donors (Lipinski definition) is 0. The molecule has 3 atom stereocenters. The third kappa shape index (κ3) is 3.68. The zero-order valence-electron chi connectivity index (χ0n) is 16.5. The summed E-state index contributed by atoms with van der Waals surface area (Å²) in [5, 5.41) is 0. The Hall–Kier alpha value is -0.620. The Bertz CT molecular complexity index is 811. The van der Waals surface area contributed by atoms with Crippen molar-refractivity contribution in [2.75, 3.05) is 31.3 Å². The molecule has 0 aliphatic carbocycles. The summed E-state index contributed by atoms with van der Waals surface area (Å²) in [6.45, 7) is 7.18. The molecule has 4 rings (SSSR count). The molecule has 0 amide bonds. The van der Waals surface area contributed by atoms with Crippen LogP contribution in [0.2, 0.25) is 0 Å². The summed E-state index contributed by atoms with van der Waals surface area (Å²) in [7, 11) is -3.22. The van der Waals surface area contributed by atoms with Crippen molar-refractivity contribution in [2.24, 2.45) is 5.92 Å². The molecule has 4 nitrogen and oxygen atoms in total. The largest absolute Gasteiger partial charge is 0.296 e. The Balaban J connectivity index is 1.63. The predicted octanol–water partition coefficient (Wildman–Crippen LogP) is 3.65. The first kappa shape index (κ1) is 19.7. The molecule has 0 bridgehead atoms. The maximum Gasteiger partial charge on any atom is 0.214 e. The average molecular weight is 411 g/mol. The summed E-state index contributed by atoms with van der Waals surface area (Å²) in [4.78, 5) is 2.62. The minimum absolute atomic E-state index is 0.146. The molecule has 150 valence electrons. The zero-order valence-corrected chi connectivity index (χ0v) is 18.0. The summed E-state index contributed by atoms with van der Waals surface area (Å²) in [6, 6.07) is 5.21. The first-order valence-corrected chi connectivity index (χ1v) is 12.4. The molecule has 0 N–H and O–H groups in total. The van der Waals surface area contributed by atoms with E-state index in [1.54, 1.807) is 0 Å². The van der Waals surface area contributed by atoms with E-state index in [1.165, 1.54) is 22.3 Å². The Morgan fingerprint density at radius 1 is 1.19 bits per heavy atom. The van der Waals surface area contributed by atoms with E-state index in [0.29, 0.717) is 30.8 Å². The number of aryl methyl sites for hydroxylation is 2. The SMILES string of the molecule is Cc1cc2c(cc1C)[C@@H]1C[C@@H]3[C@@H](CCCN3S(=O)(=O)CCCCl)CN1CC2. The van der Waals surface area contributed by atoms with Crippen LogP contribution < -0.4 is 0 Å². The third-order valence-corrected chi connectivity index (χ3v) is 9.16. The van der Waals surface area contributed by atoms with Crippen LogP contribution in [0.5, 0.6) is 0 Å². The van der Waals surface area contributed by atoms with Gasteiger partial charge in [-0.2, -0.15) is 4.31 Å². The van der Waals surface area contributed by atoms with Gasteiger partial charge >= 0.3 is 0 Å². The van der Waals surface area contributed by atoms with E-state index in [-0.39, 0.29) is 11.8 Å². The van der Waals surface area contributed by atoms with Gasteiger partial charge in [0.2, 0.25) is 10.0 Å². The van der Waals surface area contributed by atoms with E-state index in [0.717, 1.165) is 38.8 Å². The van der Waals surface area contributed by atoms with Gasteiger partial charge in [-0.25, -0.2) is 8.42 Å². The fourth-order valence-electron chi connectivity index (χ4n) is 5.39.